The van der Waals surface area contributed by atoms with Gasteiger partial charge in [0.15, 0.2) is 16.8 Å². The van der Waals surface area contributed by atoms with Crippen LogP contribution in [0.15, 0.2) is 72.7 Å². The van der Waals surface area contributed by atoms with Crippen LogP contribution in [-0.2, 0) is 22.6 Å². The Balaban J connectivity index is 1.65. The highest BCUT2D eigenvalue weighted by Crippen LogP contribution is 2.23. The van der Waals surface area contributed by atoms with Crippen LogP contribution in [0.5, 0.6) is 0 Å². The molecule has 3 rings (SSSR count). The minimum atomic E-state index is -0.557. The summed E-state index contributed by atoms with van der Waals surface area (Å²) in [5.74, 6) is 0.511. The lowest BCUT2D eigenvalue weighted by molar-refractivity contribution is -0.125. The molecule has 0 aliphatic heterocycles. The van der Waals surface area contributed by atoms with Crippen LogP contribution in [0, 0.1) is 0 Å². The molecule has 0 saturated carbocycles. The van der Waals surface area contributed by atoms with Gasteiger partial charge in [0, 0.05) is 24.5 Å². The van der Waals surface area contributed by atoms with Crippen LogP contribution in [0.2, 0.25) is 0 Å². The summed E-state index contributed by atoms with van der Waals surface area (Å²) >= 11 is 1.27. The van der Waals surface area contributed by atoms with Crippen molar-refractivity contribution < 1.29 is 9.59 Å². The highest BCUT2D eigenvalue weighted by Gasteiger charge is 2.19. The van der Waals surface area contributed by atoms with E-state index >= 15 is 0 Å². The molecule has 0 fully saturated rings. The monoisotopic (exact) mass is 421 g/mol. The fraction of sp³-hybridized carbons (Fsp3) is 0.227. The lowest BCUT2D eigenvalue weighted by Gasteiger charge is -2.16. The minimum Gasteiger partial charge on any atom is -0.345 e. The van der Waals surface area contributed by atoms with Gasteiger partial charge < -0.3 is 5.32 Å². The molecule has 154 valence electrons. The lowest BCUT2D eigenvalue weighted by Crippen LogP contribution is -2.42. The number of carbonyl (C=O) groups is 2. The van der Waals surface area contributed by atoms with Gasteiger partial charge in [-0.2, -0.15) is 0 Å². The van der Waals surface area contributed by atoms with Crippen molar-refractivity contribution in [3.05, 3.63) is 73.1 Å². The number of amides is 1. The summed E-state index contributed by atoms with van der Waals surface area (Å²) in [7, 11) is 0. The molecular formula is C22H23N5O2S. The summed E-state index contributed by atoms with van der Waals surface area (Å²) in [4.78, 5) is 28.5. The van der Waals surface area contributed by atoms with Gasteiger partial charge in [0.25, 0.3) is 0 Å². The standard InChI is InChI=1S/C22H23N5O2S/c1-3-13-27-21(18-9-11-23-12-10-18)25-26-22(27)30-15-20(29)24-19(16(2)28)14-17-7-5-4-6-8-17/h3-12,19H,1,13-15H2,2H3,(H,24,29)/t19-/m0/s1. The third kappa shape index (κ3) is 5.64. The Labute approximate surface area is 179 Å². The fourth-order valence-electron chi connectivity index (χ4n) is 2.92. The number of hydrogen-bond acceptors (Lipinski definition) is 6. The average molecular weight is 422 g/mol. The Morgan fingerprint density at radius 3 is 2.57 bits per heavy atom. The normalized spacial score (nSPS) is 11.6. The molecule has 2 aromatic heterocycles. The highest BCUT2D eigenvalue weighted by atomic mass is 32.2. The first-order valence-corrected chi connectivity index (χ1v) is 10.5. The number of aromatic nitrogens is 4. The number of nitrogens with zero attached hydrogens (tertiary/aromatic N) is 4. The molecule has 2 heterocycles. The van der Waals surface area contributed by atoms with Crippen molar-refractivity contribution in [3.63, 3.8) is 0 Å². The van der Waals surface area contributed by atoms with Crippen LogP contribution < -0.4 is 5.32 Å². The van der Waals surface area contributed by atoms with E-state index in [1.165, 1.54) is 18.7 Å². The SMILES string of the molecule is C=CCn1c(SCC(=O)N[C@@H](Cc2ccccc2)C(C)=O)nnc1-c1ccncc1. The molecule has 0 radical (unpaired) electrons. The number of carbonyl (C=O) groups excluding carboxylic acids is 2. The molecular weight excluding hydrogens is 398 g/mol. The third-order valence-corrected chi connectivity index (χ3v) is 5.37. The molecule has 1 N–H and O–H groups in total. The molecule has 0 spiro atoms. The maximum Gasteiger partial charge on any atom is 0.231 e. The van der Waals surface area contributed by atoms with Crippen LogP contribution in [0.25, 0.3) is 11.4 Å². The quantitative estimate of drug-likeness (QED) is 0.400. The van der Waals surface area contributed by atoms with E-state index in [1.807, 2.05) is 47.0 Å². The van der Waals surface area contributed by atoms with Crippen LogP contribution in [0.3, 0.4) is 0 Å². The van der Waals surface area contributed by atoms with Gasteiger partial charge in [-0.05, 0) is 31.0 Å². The molecule has 30 heavy (non-hydrogen) atoms. The summed E-state index contributed by atoms with van der Waals surface area (Å²) in [6.07, 6.45) is 5.60. The van der Waals surface area contributed by atoms with Crippen LogP contribution in [0.1, 0.15) is 12.5 Å². The topological polar surface area (TPSA) is 89.8 Å². The zero-order valence-corrected chi connectivity index (χ0v) is 17.5. The molecule has 0 bridgehead atoms. The Morgan fingerprint density at radius 1 is 1.17 bits per heavy atom. The molecule has 7 nitrogen and oxygen atoms in total. The van der Waals surface area contributed by atoms with E-state index in [0.29, 0.717) is 23.9 Å². The fourth-order valence-corrected chi connectivity index (χ4v) is 3.67. The summed E-state index contributed by atoms with van der Waals surface area (Å²) in [5.41, 5.74) is 1.88. The number of thioether (sulfide) groups is 1. The average Bonchev–Trinajstić information content (AvgIpc) is 3.16. The van der Waals surface area contributed by atoms with Crippen molar-refractivity contribution in [2.75, 3.05) is 5.75 Å². The maximum absolute atomic E-state index is 12.5. The van der Waals surface area contributed by atoms with E-state index in [-0.39, 0.29) is 17.4 Å². The van der Waals surface area contributed by atoms with Gasteiger partial charge in [0.1, 0.15) is 0 Å². The van der Waals surface area contributed by atoms with Crippen molar-refractivity contribution in [1.29, 1.82) is 0 Å². The van der Waals surface area contributed by atoms with Crippen molar-refractivity contribution in [2.24, 2.45) is 0 Å². The molecule has 1 amide bonds. The maximum atomic E-state index is 12.5. The molecule has 1 atom stereocenters. The van der Waals surface area contributed by atoms with Crippen LogP contribution in [-0.4, -0.2) is 43.2 Å². The third-order valence-electron chi connectivity index (χ3n) is 4.41. The number of hydrogen-bond donors (Lipinski definition) is 1. The number of pyridine rings is 1. The van der Waals surface area contributed by atoms with Gasteiger partial charge in [-0.15, -0.1) is 16.8 Å². The molecule has 1 aromatic carbocycles. The number of nitrogens with one attached hydrogen (secondary N) is 1. The Kier molecular flexibility index (Phi) is 7.51. The van der Waals surface area contributed by atoms with Gasteiger partial charge in [0.2, 0.25) is 5.91 Å². The van der Waals surface area contributed by atoms with E-state index in [9.17, 15) is 9.59 Å². The van der Waals surface area contributed by atoms with E-state index in [2.05, 4.69) is 27.1 Å². The van der Waals surface area contributed by atoms with Crippen molar-refractivity contribution in [2.45, 2.75) is 31.1 Å². The van der Waals surface area contributed by atoms with Crippen LogP contribution in [0.4, 0.5) is 0 Å². The Hall–Kier alpha value is -3.26. The van der Waals surface area contributed by atoms with Crippen molar-refractivity contribution >= 4 is 23.5 Å². The van der Waals surface area contributed by atoms with Gasteiger partial charge in [-0.25, -0.2) is 0 Å². The van der Waals surface area contributed by atoms with Gasteiger partial charge >= 0.3 is 0 Å². The van der Waals surface area contributed by atoms with Crippen LogP contribution >= 0.6 is 11.8 Å². The summed E-state index contributed by atoms with van der Waals surface area (Å²) in [6.45, 7) is 5.79. The minimum absolute atomic E-state index is 0.0769. The Bertz CT molecular complexity index is 1000. The highest BCUT2D eigenvalue weighted by molar-refractivity contribution is 7.99. The Morgan fingerprint density at radius 2 is 1.90 bits per heavy atom. The van der Waals surface area contributed by atoms with Gasteiger partial charge in [-0.3, -0.25) is 19.1 Å². The summed E-state index contributed by atoms with van der Waals surface area (Å²) < 4.78 is 1.90. The summed E-state index contributed by atoms with van der Waals surface area (Å²) in [5, 5.41) is 11.9. The second kappa shape index (κ2) is 10.5. The summed E-state index contributed by atoms with van der Waals surface area (Å²) in [6, 6.07) is 12.8. The zero-order valence-electron chi connectivity index (χ0n) is 16.7. The second-order valence-electron chi connectivity index (χ2n) is 6.65. The van der Waals surface area contributed by atoms with Crippen molar-refractivity contribution in [3.8, 4) is 11.4 Å². The molecule has 0 unspecified atom stereocenters. The molecule has 0 aliphatic carbocycles. The zero-order chi connectivity index (χ0) is 21.3. The first-order chi connectivity index (χ1) is 14.6. The lowest BCUT2D eigenvalue weighted by atomic mass is 10.0. The van der Waals surface area contributed by atoms with E-state index in [4.69, 9.17) is 0 Å². The number of rotatable bonds is 10. The second-order valence-corrected chi connectivity index (χ2v) is 7.59. The number of Topliss-reactive ketones (excluding diaryl/α,β-unsaturated/α-hetero) is 1. The van der Waals surface area contributed by atoms with Crippen molar-refractivity contribution in [1.82, 2.24) is 25.1 Å². The molecule has 0 aliphatic rings. The predicted octanol–water partition coefficient (Wildman–Crippen LogP) is 2.93. The van der Waals surface area contributed by atoms with Gasteiger partial charge in [0.05, 0.1) is 11.8 Å². The first kappa shape index (κ1) is 21.4. The number of benzene rings is 1. The predicted molar refractivity (Wildman–Crippen MR) is 117 cm³/mol. The number of allylic oxidation sites excluding steroid dienone is 1. The molecule has 8 heteroatoms. The van der Waals surface area contributed by atoms with E-state index in [1.54, 1.807) is 18.5 Å². The largest absolute Gasteiger partial charge is 0.345 e. The smallest absolute Gasteiger partial charge is 0.231 e. The van der Waals surface area contributed by atoms with E-state index < -0.39 is 6.04 Å². The molecule has 0 saturated heterocycles. The van der Waals surface area contributed by atoms with E-state index in [0.717, 1.165) is 11.1 Å². The first-order valence-electron chi connectivity index (χ1n) is 9.49. The molecule has 3 aromatic rings. The number of ketones is 1. The van der Waals surface area contributed by atoms with Gasteiger partial charge in [-0.1, -0.05) is 48.2 Å².